The number of hydrogen-bond acceptors (Lipinski definition) is 7. The Bertz CT molecular complexity index is 1020. The van der Waals surface area contributed by atoms with E-state index in [2.05, 4.69) is 12.2 Å². The first-order valence-corrected chi connectivity index (χ1v) is 12.6. The molecule has 0 bridgehead atoms. The number of amides is 2. The van der Waals surface area contributed by atoms with Crippen molar-refractivity contribution in [1.29, 1.82) is 0 Å². The second-order valence-electron chi connectivity index (χ2n) is 7.84. The summed E-state index contributed by atoms with van der Waals surface area (Å²) in [6.07, 6.45) is 3.25. The van der Waals surface area contributed by atoms with Gasteiger partial charge in [0.2, 0.25) is 0 Å². The van der Waals surface area contributed by atoms with Crippen LogP contribution in [0.25, 0.3) is 0 Å². The SMILES string of the molecule is CCCCCOc1cccc(C(=O)Nc2sc3c(c2C(=O)OCC)CCN(C(=O)OCC)C3)c1. The predicted octanol–water partition coefficient (Wildman–Crippen LogP) is 5.26. The molecule has 1 N–H and O–H groups in total. The first-order chi connectivity index (χ1) is 16.5. The molecule has 0 spiro atoms. The van der Waals surface area contributed by atoms with Crippen LogP contribution in [0.4, 0.5) is 9.80 Å². The molecule has 1 aromatic heterocycles. The lowest BCUT2D eigenvalue weighted by Gasteiger charge is -2.26. The number of benzene rings is 1. The Hall–Kier alpha value is -3.07. The number of thiophene rings is 1. The second kappa shape index (κ2) is 12.4. The Balaban J connectivity index is 1.80. The van der Waals surface area contributed by atoms with Gasteiger partial charge >= 0.3 is 12.1 Å². The van der Waals surface area contributed by atoms with E-state index in [1.165, 1.54) is 11.3 Å². The van der Waals surface area contributed by atoms with Crippen molar-refractivity contribution < 1.29 is 28.6 Å². The second-order valence-corrected chi connectivity index (χ2v) is 8.94. The molecule has 2 aromatic rings. The highest BCUT2D eigenvalue weighted by Gasteiger charge is 2.31. The van der Waals surface area contributed by atoms with Gasteiger partial charge in [-0.3, -0.25) is 4.79 Å². The van der Waals surface area contributed by atoms with E-state index in [0.29, 0.717) is 54.6 Å². The van der Waals surface area contributed by atoms with Gasteiger partial charge in [0.05, 0.1) is 31.9 Å². The highest BCUT2D eigenvalue weighted by Crippen LogP contribution is 2.38. The van der Waals surface area contributed by atoms with E-state index in [0.717, 1.165) is 29.7 Å². The number of nitrogens with zero attached hydrogens (tertiary/aromatic N) is 1. The first-order valence-electron chi connectivity index (χ1n) is 11.8. The number of anilines is 1. The van der Waals surface area contributed by atoms with Gasteiger partial charge in [-0.2, -0.15) is 0 Å². The maximum atomic E-state index is 13.0. The van der Waals surface area contributed by atoms with Crippen LogP contribution in [0.2, 0.25) is 0 Å². The number of hydrogen-bond donors (Lipinski definition) is 1. The zero-order valence-corrected chi connectivity index (χ0v) is 20.8. The van der Waals surface area contributed by atoms with Gasteiger partial charge in [-0.1, -0.05) is 25.8 Å². The van der Waals surface area contributed by atoms with Gasteiger partial charge in [0.25, 0.3) is 5.91 Å². The molecule has 1 aliphatic heterocycles. The monoisotopic (exact) mass is 488 g/mol. The predicted molar refractivity (Wildman–Crippen MR) is 131 cm³/mol. The highest BCUT2D eigenvalue weighted by molar-refractivity contribution is 7.17. The van der Waals surface area contributed by atoms with Crippen LogP contribution in [0.1, 0.15) is 71.2 Å². The van der Waals surface area contributed by atoms with Gasteiger partial charge in [-0.25, -0.2) is 9.59 Å². The van der Waals surface area contributed by atoms with Crippen LogP contribution in [0.15, 0.2) is 24.3 Å². The summed E-state index contributed by atoms with van der Waals surface area (Å²) in [6, 6.07) is 6.99. The summed E-state index contributed by atoms with van der Waals surface area (Å²) >= 11 is 1.29. The summed E-state index contributed by atoms with van der Waals surface area (Å²) in [5.41, 5.74) is 1.61. The lowest BCUT2D eigenvalue weighted by atomic mass is 10.0. The van der Waals surface area contributed by atoms with Crippen LogP contribution in [0.3, 0.4) is 0 Å². The van der Waals surface area contributed by atoms with Gasteiger partial charge in [0.15, 0.2) is 0 Å². The molecule has 0 fully saturated rings. The molecule has 8 nitrogen and oxygen atoms in total. The fourth-order valence-corrected chi connectivity index (χ4v) is 4.97. The molecule has 0 saturated carbocycles. The molecular weight excluding hydrogens is 456 g/mol. The van der Waals surface area contributed by atoms with E-state index in [9.17, 15) is 14.4 Å². The summed E-state index contributed by atoms with van der Waals surface area (Å²) in [7, 11) is 0. The fourth-order valence-electron chi connectivity index (χ4n) is 3.73. The van der Waals surface area contributed by atoms with Crippen molar-refractivity contribution >= 4 is 34.3 Å². The largest absolute Gasteiger partial charge is 0.494 e. The van der Waals surface area contributed by atoms with E-state index in [1.807, 2.05) is 6.07 Å². The average Bonchev–Trinajstić information content (AvgIpc) is 3.19. The van der Waals surface area contributed by atoms with Crippen molar-refractivity contribution in [2.75, 3.05) is 31.7 Å². The zero-order valence-electron chi connectivity index (χ0n) is 20.0. The standard InChI is InChI=1S/C25H32N2O6S/c1-4-7-8-14-33-18-11-9-10-17(15-18)22(28)26-23-21(24(29)31-5-2)19-12-13-27(16-20(19)34-23)25(30)32-6-3/h9-11,15H,4-8,12-14,16H2,1-3H3,(H,26,28). The topological polar surface area (TPSA) is 94.2 Å². The summed E-state index contributed by atoms with van der Waals surface area (Å²) in [5, 5.41) is 3.31. The molecular formula is C25H32N2O6S. The van der Waals surface area contributed by atoms with Crippen LogP contribution in [0, 0.1) is 0 Å². The number of carbonyl (C=O) groups excluding carboxylic acids is 3. The number of rotatable bonds is 10. The first kappa shape index (κ1) is 25.6. The molecule has 0 unspecified atom stereocenters. The maximum Gasteiger partial charge on any atom is 0.410 e. The van der Waals surface area contributed by atoms with Gasteiger partial charge in [-0.05, 0) is 50.5 Å². The van der Waals surface area contributed by atoms with E-state index in [1.54, 1.807) is 36.9 Å². The van der Waals surface area contributed by atoms with E-state index in [4.69, 9.17) is 14.2 Å². The Morgan fingerprint density at radius 3 is 2.62 bits per heavy atom. The fraction of sp³-hybridized carbons (Fsp3) is 0.480. The summed E-state index contributed by atoms with van der Waals surface area (Å²) < 4.78 is 16.1. The number of esters is 1. The van der Waals surface area contributed by atoms with Crippen molar-refractivity contribution in [1.82, 2.24) is 4.90 Å². The van der Waals surface area contributed by atoms with Crippen molar-refractivity contribution in [3.8, 4) is 5.75 Å². The van der Waals surface area contributed by atoms with Gasteiger partial charge in [0, 0.05) is 17.0 Å². The van der Waals surface area contributed by atoms with E-state index >= 15 is 0 Å². The van der Waals surface area contributed by atoms with E-state index < -0.39 is 5.97 Å². The summed E-state index contributed by atoms with van der Waals surface area (Å²) in [4.78, 5) is 40.4. The highest BCUT2D eigenvalue weighted by atomic mass is 32.1. The van der Waals surface area contributed by atoms with Gasteiger partial charge in [-0.15, -0.1) is 11.3 Å². The molecule has 0 radical (unpaired) electrons. The van der Waals surface area contributed by atoms with Gasteiger partial charge < -0.3 is 24.4 Å². The Kier molecular flexibility index (Phi) is 9.33. The van der Waals surface area contributed by atoms with Crippen molar-refractivity contribution in [3.63, 3.8) is 0 Å². The maximum absolute atomic E-state index is 13.0. The number of ether oxygens (including phenoxy) is 3. The molecule has 0 saturated heterocycles. The molecule has 184 valence electrons. The molecule has 1 aliphatic rings. The Morgan fingerprint density at radius 2 is 1.88 bits per heavy atom. The van der Waals surface area contributed by atoms with Crippen LogP contribution >= 0.6 is 11.3 Å². The number of fused-ring (bicyclic) bond motifs is 1. The molecule has 2 amide bonds. The quantitative estimate of drug-likeness (QED) is 0.362. The minimum atomic E-state index is -0.479. The molecule has 2 heterocycles. The molecule has 34 heavy (non-hydrogen) atoms. The van der Waals surface area contributed by atoms with Crippen LogP contribution in [-0.2, 0) is 22.4 Å². The molecule has 1 aromatic carbocycles. The van der Waals surface area contributed by atoms with Crippen LogP contribution in [0.5, 0.6) is 5.75 Å². The van der Waals surface area contributed by atoms with E-state index in [-0.39, 0.29) is 18.6 Å². The molecule has 0 aliphatic carbocycles. The third-order valence-electron chi connectivity index (χ3n) is 5.40. The minimum absolute atomic E-state index is 0.225. The Labute approximate surface area is 204 Å². The van der Waals surface area contributed by atoms with Crippen molar-refractivity contribution in [2.45, 2.75) is 53.0 Å². The lowest BCUT2D eigenvalue weighted by Crippen LogP contribution is -2.36. The smallest absolute Gasteiger partial charge is 0.410 e. The van der Waals surface area contributed by atoms with Crippen molar-refractivity contribution in [3.05, 3.63) is 45.8 Å². The van der Waals surface area contributed by atoms with Crippen LogP contribution < -0.4 is 10.1 Å². The molecule has 9 heteroatoms. The third-order valence-corrected chi connectivity index (χ3v) is 6.53. The number of carbonyl (C=O) groups is 3. The summed E-state index contributed by atoms with van der Waals surface area (Å²) in [5.74, 6) is -0.191. The third kappa shape index (κ3) is 6.28. The van der Waals surface area contributed by atoms with Crippen LogP contribution in [-0.4, -0.2) is 49.2 Å². The Morgan fingerprint density at radius 1 is 1.09 bits per heavy atom. The van der Waals surface area contributed by atoms with Crippen molar-refractivity contribution in [2.24, 2.45) is 0 Å². The number of unbranched alkanes of at least 4 members (excludes halogenated alkanes) is 2. The normalized spacial score (nSPS) is 12.6. The molecule has 0 atom stereocenters. The minimum Gasteiger partial charge on any atom is -0.494 e. The lowest BCUT2D eigenvalue weighted by molar-refractivity contribution is 0.0526. The summed E-state index contributed by atoms with van der Waals surface area (Å²) in [6.45, 7) is 7.50. The average molecular weight is 489 g/mol. The molecule has 3 rings (SSSR count). The zero-order chi connectivity index (χ0) is 24.5. The number of nitrogens with one attached hydrogen (secondary N) is 1. The van der Waals surface area contributed by atoms with Gasteiger partial charge in [0.1, 0.15) is 10.8 Å².